The largest absolute Gasteiger partial charge is 0.401 e. The molecule has 7 nitrogen and oxygen atoms in total. The van der Waals surface area contributed by atoms with E-state index in [1.165, 1.54) is 0 Å². The summed E-state index contributed by atoms with van der Waals surface area (Å²) < 4.78 is 16.1. The fourth-order valence-corrected chi connectivity index (χ4v) is 2.36. The molecule has 0 spiro atoms. The lowest BCUT2D eigenvalue weighted by Gasteiger charge is -2.22. The van der Waals surface area contributed by atoms with Crippen molar-refractivity contribution in [3.8, 4) is 0 Å². The number of carbonyl (C=O) groups is 1. The topological polar surface area (TPSA) is 109 Å². The van der Waals surface area contributed by atoms with Gasteiger partial charge in [-0.1, -0.05) is 12.8 Å². The lowest BCUT2D eigenvalue weighted by molar-refractivity contribution is -0.127. The predicted molar refractivity (Wildman–Crippen MR) is 88.5 cm³/mol. The van der Waals surface area contributed by atoms with Crippen molar-refractivity contribution in [1.29, 1.82) is 0 Å². The highest BCUT2D eigenvalue weighted by molar-refractivity contribution is 5.77. The molecule has 23 heavy (non-hydrogen) atoms. The number of hydrogen-bond acceptors (Lipinski definition) is 6. The molecule has 134 valence electrons. The summed E-state index contributed by atoms with van der Waals surface area (Å²) >= 11 is 0. The van der Waals surface area contributed by atoms with Gasteiger partial charge in [-0.25, -0.2) is 0 Å². The van der Waals surface area contributed by atoms with E-state index in [0.717, 1.165) is 32.1 Å². The normalized spacial score (nSPS) is 19.3. The Balaban J connectivity index is 2.16. The van der Waals surface area contributed by atoms with Gasteiger partial charge in [0.1, 0.15) is 6.61 Å². The van der Waals surface area contributed by atoms with Crippen LogP contribution in [0.1, 0.15) is 39.0 Å². The molecule has 1 atom stereocenters. The molecule has 1 amide bonds. The zero-order valence-corrected chi connectivity index (χ0v) is 14.1. The number of rotatable bonds is 10. The number of nitrogens with two attached hydrogens (primary N) is 2. The molecule has 0 aromatic heterocycles. The smallest absolute Gasteiger partial charge is 0.246 e. The van der Waals surface area contributed by atoms with E-state index in [2.05, 4.69) is 5.32 Å². The first kappa shape index (κ1) is 19.7. The third-order valence-electron chi connectivity index (χ3n) is 3.69. The number of hydrogen-bond donors (Lipinski definition) is 3. The Kier molecular flexibility index (Phi) is 10.4. The van der Waals surface area contributed by atoms with Crippen molar-refractivity contribution in [2.45, 2.75) is 45.1 Å². The summed E-state index contributed by atoms with van der Waals surface area (Å²) in [5.41, 5.74) is 13.2. The Hall–Kier alpha value is -1.31. The summed E-state index contributed by atoms with van der Waals surface area (Å²) in [6.45, 7) is 4.61. The molecule has 0 heterocycles. The van der Waals surface area contributed by atoms with Gasteiger partial charge in [0.25, 0.3) is 0 Å². The second-order valence-electron chi connectivity index (χ2n) is 5.54. The summed E-state index contributed by atoms with van der Waals surface area (Å²) in [6, 6.07) is 0. The van der Waals surface area contributed by atoms with E-state index < -0.39 is 0 Å². The third-order valence-corrected chi connectivity index (χ3v) is 3.69. The average molecular weight is 329 g/mol. The predicted octanol–water partition coefficient (Wildman–Crippen LogP) is 0.634. The zero-order valence-electron chi connectivity index (χ0n) is 14.1. The van der Waals surface area contributed by atoms with Crippen molar-refractivity contribution >= 4 is 5.91 Å². The SMILES string of the molecule is CCOCCOCCNC(=O)COC1CCCCCC(N)=C1N. The minimum absolute atomic E-state index is 0.0163. The molecular formula is C16H31N3O4. The van der Waals surface area contributed by atoms with E-state index in [-0.39, 0.29) is 18.6 Å². The molecule has 5 N–H and O–H groups in total. The standard InChI is InChI=1S/C16H31N3O4/c1-2-21-10-11-22-9-8-19-15(20)12-23-14-7-5-3-4-6-13(17)16(14)18/h14H,2-12,17-18H2,1H3,(H,19,20). The number of amides is 1. The number of carbonyl (C=O) groups excluding carboxylic acids is 1. The van der Waals surface area contributed by atoms with E-state index in [0.29, 0.717) is 44.4 Å². The van der Waals surface area contributed by atoms with Gasteiger partial charge in [-0.3, -0.25) is 4.79 Å². The summed E-state index contributed by atoms with van der Waals surface area (Å²) in [6.07, 6.45) is 4.55. The molecule has 0 aliphatic heterocycles. The van der Waals surface area contributed by atoms with Gasteiger partial charge in [0.2, 0.25) is 5.91 Å². The number of allylic oxidation sites excluding steroid dienone is 1. The van der Waals surface area contributed by atoms with Crippen molar-refractivity contribution in [1.82, 2.24) is 5.32 Å². The van der Waals surface area contributed by atoms with Crippen molar-refractivity contribution in [3.63, 3.8) is 0 Å². The molecule has 7 heteroatoms. The Morgan fingerprint density at radius 3 is 2.74 bits per heavy atom. The second kappa shape index (κ2) is 12.2. The molecule has 0 aromatic carbocycles. The number of ether oxygens (including phenoxy) is 3. The van der Waals surface area contributed by atoms with Gasteiger partial charge in [-0.05, 0) is 26.2 Å². The fraction of sp³-hybridized carbons (Fsp3) is 0.812. The molecule has 1 rings (SSSR count). The molecule has 1 unspecified atom stereocenters. The summed E-state index contributed by atoms with van der Waals surface area (Å²) in [7, 11) is 0. The minimum atomic E-state index is -0.261. The maximum atomic E-state index is 11.8. The summed E-state index contributed by atoms with van der Waals surface area (Å²) in [5.74, 6) is -0.174. The van der Waals surface area contributed by atoms with Crippen LogP contribution in [0.15, 0.2) is 11.4 Å². The Bertz CT molecular complexity index is 374. The van der Waals surface area contributed by atoms with Gasteiger partial charge in [0.15, 0.2) is 0 Å². The monoisotopic (exact) mass is 329 g/mol. The van der Waals surface area contributed by atoms with Crippen LogP contribution in [0, 0.1) is 0 Å². The Morgan fingerprint density at radius 1 is 1.17 bits per heavy atom. The van der Waals surface area contributed by atoms with Crippen LogP contribution < -0.4 is 16.8 Å². The highest BCUT2D eigenvalue weighted by Crippen LogP contribution is 2.20. The third kappa shape index (κ3) is 8.78. The van der Waals surface area contributed by atoms with E-state index in [9.17, 15) is 4.79 Å². The van der Waals surface area contributed by atoms with Gasteiger partial charge in [0.05, 0.1) is 31.6 Å². The zero-order chi connectivity index (χ0) is 16.9. The maximum absolute atomic E-state index is 11.8. The van der Waals surface area contributed by atoms with Crippen LogP contribution in [0.4, 0.5) is 0 Å². The van der Waals surface area contributed by atoms with Crippen LogP contribution in [0.3, 0.4) is 0 Å². The Labute approximate surface area is 138 Å². The molecule has 0 aromatic rings. The summed E-state index contributed by atoms with van der Waals surface area (Å²) in [4.78, 5) is 11.8. The van der Waals surface area contributed by atoms with Crippen LogP contribution in [-0.4, -0.2) is 51.6 Å². The fourth-order valence-electron chi connectivity index (χ4n) is 2.36. The van der Waals surface area contributed by atoms with Gasteiger partial charge in [-0.15, -0.1) is 0 Å². The molecule has 0 bridgehead atoms. The van der Waals surface area contributed by atoms with Gasteiger partial charge in [-0.2, -0.15) is 0 Å². The van der Waals surface area contributed by atoms with Gasteiger partial charge < -0.3 is 31.0 Å². The molecule has 1 aliphatic carbocycles. The minimum Gasteiger partial charge on any atom is -0.401 e. The van der Waals surface area contributed by atoms with E-state index in [1.807, 2.05) is 6.92 Å². The van der Waals surface area contributed by atoms with Crippen LogP contribution in [0.2, 0.25) is 0 Å². The van der Waals surface area contributed by atoms with Crippen LogP contribution in [0.25, 0.3) is 0 Å². The first-order chi connectivity index (χ1) is 11.1. The summed E-state index contributed by atoms with van der Waals surface area (Å²) in [5, 5.41) is 2.75. The maximum Gasteiger partial charge on any atom is 0.246 e. The van der Waals surface area contributed by atoms with Crippen LogP contribution in [-0.2, 0) is 19.0 Å². The van der Waals surface area contributed by atoms with Crippen LogP contribution >= 0.6 is 0 Å². The second-order valence-corrected chi connectivity index (χ2v) is 5.54. The molecule has 0 fully saturated rings. The molecular weight excluding hydrogens is 298 g/mol. The van der Waals surface area contributed by atoms with Gasteiger partial charge >= 0.3 is 0 Å². The van der Waals surface area contributed by atoms with Crippen molar-refractivity contribution in [3.05, 3.63) is 11.4 Å². The van der Waals surface area contributed by atoms with E-state index in [4.69, 9.17) is 25.7 Å². The molecule has 1 aliphatic rings. The Morgan fingerprint density at radius 2 is 1.96 bits per heavy atom. The average Bonchev–Trinajstić information content (AvgIpc) is 2.54. The van der Waals surface area contributed by atoms with Crippen LogP contribution in [0.5, 0.6) is 0 Å². The van der Waals surface area contributed by atoms with Gasteiger partial charge in [0, 0.05) is 18.8 Å². The lowest BCUT2D eigenvalue weighted by Crippen LogP contribution is -2.34. The molecule has 0 radical (unpaired) electrons. The van der Waals surface area contributed by atoms with E-state index in [1.54, 1.807) is 0 Å². The van der Waals surface area contributed by atoms with Crippen molar-refractivity contribution < 1.29 is 19.0 Å². The quantitative estimate of drug-likeness (QED) is 0.507. The molecule has 0 saturated heterocycles. The first-order valence-electron chi connectivity index (χ1n) is 8.43. The highest BCUT2D eigenvalue weighted by Gasteiger charge is 2.18. The van der Waals surface area contributed by atoms with Crippen molar-refractivity contribution in [2.75, 3.05) is 39.6 Å². The highest BCUT2D eigenvalue weighted by atomic mass is 16.5. The van der Waals surface area contributed by atoms with E-state index >= 15 is 0 Å². The lowest BCUT2D eigenvalue weighted by atomic mass is 10.00. The first-order valence-corrected chi connectivity index (χ1v) is 8.43. The number of nitrogens with one attached hydrogen (secondary N) is 1. The van der Waals surface area contributed by atoms with Crippen molar-refractivity contribution in [2.24, 2.45) is 11.5 Å². The molecule has 0 saturated carbocycles.